The van der Waals surface area contributed by atoms with Crippen LogP contribution in [-0.2, 0) is 16.6 Å². The van der Waals surface area contributed by atoms with Crippen molar-refractivity contribution in [2.75, 3.05) is 50.5 Å². The van der Waals surface area contributed by atoms with Crippen LogP contribution in [0.1, 0.15) is 12.2 Å². The standard InChI is InChI=1S/C19H30N6O2S2.HI/c1-16-23-17-6-3-4-7-18(17)25(16)10-5-8-21-19(20-2)22-9-15-29(26,27)24-11-13-28-14-12-24;/h3-4,6-7H,5,8-15H2,1-2H3,(H2,20,21,22);1H. The van der Waals surface area contributed by atoms with Crippen molar-refractivity contribution >= 4 is 62.8 Å². The van der Waals surface area contributed by atoms with Crippen molar-refractivity contribution in [2.45, 2.75) is 19.9 Å². The number of guanidine groups is 1. The summed E-state index contributed by atoms with van der Waals surface area (Å²) < 4.78 is 28.6. The van der Waals surface area contributed by atoms with Crippen molar-refractivity contribution in [3.63, 3.8) is 0 Å². The molecule has 8 nitrogen and oxygen atoms in total. The topological polar surface area (TPSA) is 91.6 Å². The molecule has 1 aliphatic rings. The highest BCUT2D eigenvalue weighted by Gasteiger charge is 2.23. The fourth-order valence-electron chi connectivity index (χ4n) is 3.40. The third-order valence-corrected chi connectivity index (χ3v) is 7.75. The van der Waals surface area contributed by atoms with E-state index in [1.165, 1.54) is 0 Å². The zero-order valence-corrected chi connectivity index (χ0v) is 21.5. The average molecular weight is 567 g/mol. The zero-order chi connectivity index (χ0) is 20.7. The minimum absolute atomic E-state index is 0. The average Bonchev–Trinajstić information content (AvgIpc) is 3.05. The smallest absolute Gasteiger partial charge is 0.215 e. The van der Waals surface area contributed by atoms with E-state index in [2.05, 4.69) is 31.2 Å². The molecule has 0 bridgehead atoms. The van der Waals surface area contributed by atoms with Gasteiger partial charge in [0.2, 0.25) is 10.0 Å². The van der Waals surface area contributed by atoms with E-state index in [4.69, 9.17) is 0 Å². The minimum Gasteiger partial charge on any atom is -0.356 e. The third-order valence-electron chi connectivity index (χ3n) is 4.94. The second-order valence-corrected chi connectivity index (χ2v) is 10.2. The molecular formula is C19H31IN6O2S2. The number of aromatic nitrogens is 2. The Balaban J connectivity index is 0.00000320. The summed E-state index contributed by atoms with van der Waals surface area (Å²) >= 11 is 1.80. The summed E-state index contributed by atoms with van der Waals surface area (Å²) in [5, 5.41) is 6.37. The molecule has 11 heteroatoms. The van der Waals surface area contributed by atoms with E-state index in [1.54, 1.807) is 23.1 Å². The van der Waals surface area contributed by atoms with Crippen LogP contribution in [0.5, 0.6) is 0 Å². The Morgan fingerprint density at radius 1 is 1.20 bits per heavy atom. The first-order valence-electron chi connectivity index (χ1n) is 9.93. The molecule has 30 heavy (non-hydrogen) atoms. The van der Waals surface area contributed by atoms with Gasteiger partial charge < -0.3 is 15.2 Å². The van der Waals surface area contributed by atoms with E-state index in [9.17, 15) is 8.42 Å². The Bertz CT molecular complexity index is 942. The zero-order valence-electron chi connectivity index (χ0n) is 17.5. The van der Waals surface area contributed by atoms with Crippen LogP contribution in [0.25, 0.3) is 11.0 Å². The van der Waals surface area contributed by atoms with Crippen LogP contribution in [0.4, 0.5) is 0 Å². The van der Waals surface area contributed by atoms with Gasteiger partial charge in [0.1, 0.15) is 5.82 Å². The van der Waals surface area contributed by atoms with E-state index < -0.39 is 10.0 Å². The van der Waals surface area contributed by atoms with Crippen LogP contribution < -0.4 is 10.6 Å². The van der Waals surface area contributed by atoms with Gasteiger partial charge in [-0.2, -0.15) is 11.8 Å². The molecule has 0 unspecified atom stereocenters. The first kappa shape index (κ1) is 25.2. The van der Waals surface area contributed by atoms with Gasteiger partial charge in [-0.1, -0.05) is 12.1 Å². The lowest BCUT2D eigenvalue weighted by Gasteiger charge is -2.25. The van der Waals surface area contributed by atoms with E-state index >= 15 is 0 Å². The molecule has 168 valence electrons. The predicted octanol–water partition coefficient (Wildman–Crippen LogP) is 1.90. The summed E-state index contributed by atoms with van der Waals surface area (Å²) in [7, 11) is -1.51. The first-order chi connectivity index (χ1) is 14.0. The number of aliphatic imine (C=N–C) groups is 1. The molecule has 2 heterocycles. The van der Waals surface area contributed by atoms with Crippen molar-refractivity contribution in [3.8, 4) is 0 Å². The quantitative estimate of drug-likeness (QED) is 0.220. The maximum Gasteiger partial charge on any atom is 0.215 e. The van der Waals surface area contributed by atoms with Gasteiger partial charge in [0.25, 0.3) is 0 Å². The minimum atomic E-state index is -3.20. The number of sulfonamides is 1. The van der Waals surface area contributed by atoms with Gasteiger partial charge in [0.15, 0.2) is 5.96 Å². The van der Waals surface area contributed by atoms with Gasteiger partial charge >= 0.3 is 0 Å². The molecule has 1 fully saturated rings. The second kappa shape index (κ2) is 12.1. The van der Waals surface area contributed by atoms with Crippen molar-refractivity contribution < 1.29 is 8.42 Å². The lowest BCUT2D eigenvalue weighted by atomic mass is 10.3. The van der Waals surface area contributed by atoms with Crippen LogP contribution in [-0.4, -0.2) is 78.7 Å². The Hall–Kier alpha value is -1.05. The molecule has 1 aliphatic heterocycles. The highest BCUT2D eigenvalue weighted by Crippen LogP contribution is 2.15. The Kier molecular flexibility index (Phi) is 10.2. The lowest BCUT2D eigenvalue weighted by molar-refractivity contribution is 0.443. The third kappa shape index (κ3) is 6.72. The van der Waals surface area contributed by atoms with Crippen molar-refractivity contribution in [1.29, 1.82) is 0 Å². The van der Waals surface area contributed by atoms with Gasteiger partial charge in [0, 0.05) is 51.3 Å². The number of aryl methyl sites for hydroxylation is 2. The fourth-order valence-corrected chi connectivity index (χ4v) is 5.89. The Morgan fingerprint density at radius 2 is 1.90 bits per heavy atom. The summed E-state index contributed by atoms with van der Waals surface area (Å²) in [5.41, 5.74) is 2.16. The number of imidazole rings is 1. The Labute approximate surface area is 200 Å². The Morgan fingerprint density at radius 3 is 2.63 bits per heavy atom. The first-order valence-corrected chi connectivity index (χ1v) is 12.7. The molecule has 3 rings (SSSR count). The second-order valence-electron chi connectivity index (χ2n) is 6.91. The molecule has 1 aromatic carbocycles. The van der Waals surface area contributed by atoms with E-state index in [-0.39, 0.29) is 29.7 Å². The molecule has 0 radical (unpaired) electrons. The predicted molar refractivity (Wildman–Crippen MR) is 137 cm³/mol. The van der Waals surface area contributed by atoms with E-state index in [0.29, 0.717) is 25.6 Å². The molecule has 2 aromatic rings. The number of fused-ring (bicyclic) bond motifs is 1. The number of halogens is 1. The molecule has 0 spiro atoms. The van der Waals surface area contributed by atoms with Gasteiger partial charge in [-0.25, -0.2) is 17.7 Å². The largest absolute Gasteiger partial charge is 0.356 e. The molecule has 1 aromatic heterocycles. The molecule has 0 amide bonds. The van der Waals surface area contributed by atoms with Gasteiger partial charge in [0.05, 0.1) is 16.8 Å². The summed E-state index contributed by atoms with van der Waals surface area (Å²) in [6.45, 7) is 5.19. The van der Waals surface area contributed by atoms with Gasteiger partial charge in [-0.05, 0) is 25.5 Å². The van der Waals surface area contributed by atoms with Crippen LogP contribution in [0.2, 0.25) is 0 Å². The van der Waals surface area contributed by atoms with Crippen LogP contribution in [0.15, 0.2) is 29.3 Å². The number of hydrogen-bond donors (Lipinski definition) is 2. The molecular weight excluding hydrogens is 535 g/mol. The van der Waals surface area contributed by atoms with Crippen LogP contribution in [0.3, 0.4) is 0 Å². The summed E-state index contributed by atoms with van der Waals surface area (Å²) in [6.07, 6.45) is 0.908. The van der Waals surface area contributed by atoms with Crippen molar-refractivity contribution in [2.24, 2.45) is 4.99 Å². The monoisotopic (exact) mass is 566 g/mol. The number of benzene rings is 1. The van der Waals surface area contributed by atoms with Gasteiger partial charge in [-0.3, -0.25) is 4.99 Å². The summed E-state index contributed by atoms with van der Waals surface area (Å²) in [6, 6.07) is 8.14. The molecule has 2 N–H and O–H groups in total. The van der Waals surface area contributed by atoms with Crippen molar-refractivity contribution in [1.82, 2.24) is 24.5 Å². The van der Waals surface area contributed by atoms with E-state index in [1.807, 2.05) is 25.1 Å². The van der Waals surface area contributed by atoms with Crippen molar-refractivity contribution in [3.05, 3.63) is 30.1 Å². The number of nitrogens with one attached hydrogen (secondary N) is 2. The van der Waals surface area contributed by atoms with Crippen LogP contribution >= 0.6 is 35.7 Å². The SMILES string of the molecule is CN=C(NCCCn1c(C)nc2ccccc21)NCCS(=O)(=O)N1CCSCC1.I. The summed E-state index contributed by atoms with van der Waals surface area (Å²) in [4.78, 5) is 8.78. The number of para-hydroxylation sites is 2. The summed E-state index contributed by atoms with van der Waals surface area (Å²) in [5.74, 6) is 3.47. The number of hydrogen-bond acceptors (Lipinski definition) is 5. The van der Waals surface area contributed by atoms with Crippen LogP contribution in [0, 0.1) is 6.92 Å². The van der Waals surface area contributed by atoms with Gasteiger partial charge in [-0.15, -0.1) is 24.0 Å². The normalized spacial score (nSPS) is 15.7. The maximum atomic E-state index is 12.4. The molecule has 0 aliphatic carbocycles. The molecule has 0 saturated carbocycles. The molecule has 1 saturated heterocycles. The highest BCUT2D eigenvalue weighted by molar-refractivity contribution is 14.0. The number of nitrogens with zero attached hydrogens (tertiary/aromatic N) is 4. The number of rotatable bonds is 8. The lowest BCUT2D eigenvalue weighted by Crippen LogP contribution is -2.44. The van der Waals surface area contributed by atoms with E-state index in [0.717, 1.165) is 47.9 Å². The fraction of sp³-hybridized carbons (Fsp3) is 0.579. The highest BCUT2D eigenvalue weighted by atomic mass is 127. The maximum absolute atomic E-state index is 12.4. The number of thioether (sulfide) groups is 1. The molecule has 0 atom stereocenters.